The lowest BCUT2D eigenvalue weighted by molar-refractivity contribution is 1.30. The van der Waals surface area contributed by atoms with Gasteiger partial charge in [0.05, 0.1) is 5.56 Å². The molecule has 68 valence electrons. The van der Waals surface area contributed by atoms with Crippen LogP contribution in [0.5, 0.6) is 0 Å². The molecule has 3 nitrogen and oxygen atoms in total. The molecule has 14 heavy (non-hydrogen) atoms. The molecule has 0 saturated carbocycles. The summed E-state index contributed by atoms with van der Waals surface area (Å²) in [6.07, 6.45) is 3.44. The van der Waals surface area contributed by atoms with Crippen LogP contribution in [0.4, 0.5) is 0 Å². The van der Waals surface area contributed by atoms with Crippen LogP contribution >= 0.6 is 15.9 Å². The molecule has 0 aliphatic heterocycles. The van der Waals surface area contributed by atoms with Crippen LogP contribution in [0.25, 0.3) is 11.4 Å². The monoisotopic (exact) mass is 247 g/mol. The van der Waals surface area contributed by atoms with Crippen LogP contribution in [0.2, 0.25) is 0 Å². The number of nitrogens with zero attached hydrogens (tertiary/aromatic N) is 2. The molecule has 2 aromatic rings. The van der Waals surface area contributed by atoms with E-state index >= 15 is 0 Å². The van der Waals surface area contributed by atoms with Gasteiger partial charge in [0.15, 0.2) is 0 Å². The van der Waals surface area contributed by atoms with Crippen molar-refractivity contribution in [2.24, 2.45) is 0 Å². The molecular formula is C10H6BrN3. The Kier molecular flexibility index (Phi) is 2.33. The Balaban J connectivity index is 2.53. The SMILES string of the molecule is N#Cc1cc(-c2ncc[nH]2)ccc1Br. The van der Waals surface area contributed by atoms with E-state index in [0.717, 1.165) is 15.9 Å². The summed E-state index contributed by atoms with van der Waals surface area (Å²) in [6, 6.07) is 7.65. The van der Waals surface area contributed by atoms with E-state index in [0.29, 0.717) is 5.56 Å². The minimum Gasteiger partial charge on any atom is -0.345 e. The Hall–Kier alpha value is -1.60. The number of nitrogens with one attached hydrogen (secondary N) is 1. The zero-order chi connectivity index (χ0) is 9.97. The van der Waals surface area contributed by atoms with E-state index in [-0.39, 0.29) is 0 Å². The summed E-state index contributed by atoms with van der Waals surface area (Å²) < 4.78 is 0.801. The summed E-state index contributed by atoms with van der Waals surface area (Å²) >= 11 is 3.30. The smallest absolute Gasteiger partial charge is 0.137 e. The van der Waals surface area contributed by atoms with Gasteiger partial charge < -0.3 is 4.98 Å². The average molecular weight is 248 g/mol. The van der Waals surface area contributed by atoms with Gasteiger partial charge >= 0.3 is 0 Å². The van der Waals surface area contributed by atoms with Crippen LogP contribution in [0, 0.1) is 11.3 Å². The highest BCUT2D eigenvalue weighted by Gasteiger charge is 2.03. The van der Waals surface area contributed by atoms with Gasteiger partial charge in [-0.3, -0.25) is 0 Å². The summed E-state index contributed by atoms with van der Waals surface area (Å²) in [6.45, 7) is 0. The summed E-state index contributed by atoms with van der Waals surface area (Å²) in [5.41, 5.74) is 1.52. The van der Waals surface area contributed by atoms with Gasteiger partial charge in [0, 0.05) is 22.4 Å². The average Bonchev–Trinajstić information content (AvgIpc) is 2.71. The number of imidazole rings is 1. The van der Waals surface area contributed by atoms with Crippen molar-refractivity contribution in [3.8, 4) is 17.5 Å². The zero-order valence-electron chi connectivity index (χ0n) is 7.16. The standard InChI is InChI=1S/C10H6BrN3/c11-9-2-1-7(5-8(9)6-12)10-13-3-4-14-10/h1-5H,(H,13,14). The maximum atomic E-state index is 8.83. The normalized spacial score (nSPS) is 9.71. The molecule has 1 heterocycles. The molecule has 2 rings (SSSR count). The molecule has 0 aliphatic carbocycles. The second kappa shape index (κ2) is 3.64. The molecular weight excluding hydrogens is 242 g/mol. The summed E-state index contributed by atoms with van der Waals surface area (Å²) in [7, 11) is 0. The van der Waals surface area contributed by atoms with Crippen molar-refractivity contribution >= 4 is 15.9 Å². The second-order valence-corrected chi connectivity index (χ2v) is 3.60. The van der Waals surface area contributed by atoms with Crippen LogP contribution in [0.3, 0.4) is 0 Å². The minimum absolute atomic E-state index is 0.610. The molecule has 0 saturated heterocycles. The van der Waals surface area contributed by atoms with Gasteiger partial charge in [0.25, 0.3) is 0 Å². The number of hydrogen-bond acceptors (Lipinski definition) is 2. The maximum Gasteiger partial charge on any atom is 0.137 e. The number of benzene rings is 1. The van der Waals surface area contributed by atoms with Crippen LogP contribution in [-0.2, 0) is 0 Å². The number of halogens is 1. The molecule has 0 bridgehead atoms. The highest BCUT2D eigenvalue weighted by molar-refractivity contribution is 9.10. The van der Waals surface area contributed by atoms with Gasteiger partial charge in [-0.25, -0.2) is 4.98 Å². The van der Waals surface area contributed by atoms with E-state index in [2.05, 4.69) is 32.0 Å². The van der Waals surface area contributed by atoms with Crippen molar-refractivity contribution in [1.29, 1.82) is 5.26 Å². The fraction of sp³-hybridized carbons (Fsp3) is 0. The molecule has 0 unspecified atom stereocenters. The summed E-state index contributed by atoms with van der Waals surface area (Å²) in [4.78, 5) is 7.10. The zero-order valence-corrected chi connectivity index (χ0v) is 8.75. The molecule has 1 N–H and O–H groups in total. The Morgan fingerprint density at radius 2 is 2.29 bits per heavy atom. The van der Waals surface area contributed by atoms with Crippen LogP contribution in [0.1, 0.15) is 5.56 Å². The molecule has 0 aliphatic rings. The molecule has 1 aromatic carbocycles. The number of rotatable bonds is 1. The highest BCUT2D eigenvalue weighted by Crippen LogP contribution is 2.22. The highest BCUT2D eigenvalue weighted by atomic mass is 79.9. The summed E-state index contributed by atoms with van der Waals surface area (Å²) in [5.74, 6) is 0.772. The quantitative estimate of drug-likeness (QED) is 0.843. The third-order valence-electron chi connectivity index (χ3n) is 1.86. The first-order valence-electron chi connectivity index (χ1n) is 4.00. The van der Waals surface area contributed by atoms with E-state index in [1.54, 1.807) is 18.5 Å². The van der Waals surface area contributed by atoms with Gasteiger partial charge in [-0.2, -0.15) is 5.26 Å². The van der Waals surface area contributed by atoms with E-state index in [9.17, 15) is 0 Å². The number of nitriles is 1. The molecule has 4 heteroatoms. The second-order valence-electron chi connectivity index (χ2n) is 2.74. The minimum atomic E-state index is 0.610. The van der Waals surface area contributed by atoms with E-state index < -0.39 is 0 Å². The van der Waals surface area contributed by atoms with E-state index in [1.807, 2.05) is 12.1 Å². The third kappa shape index (κ3) is 1.54. The lowest BCUT2D eigenvalue weighted by atomic mass is 10.1. The topological polar surface area (TPSA) is 52.5 Å². The van der Waals surface area contributed by atoms with Crippen molar-refractivity contribution in [2.75, 3.05) is 0 Å². The summed E-state index contributed by atoms with van der Waals surface area (Å²) in [5, 5.41) is 8.83. The van der Waals surface area contributed by atoms with E-state index in [4.69, 9.17) is 5.26 Å². The molecule has 0 spiro atoms. The number of aromatic amines is 1. The predicted molar refractivity (Wildman–Crippen MR) is 56.4 cm³/mol. The van der Waals surface area contributed by atoms with Gasteiger partial charge in [0.2, 0.25) is 0 Å². The Morgan fingerprint density at radius 1 is 1.43 bits per heavy atom. The van der Waals surface area contributed by atoms with Crippen LogP contribution in [0.15, 0.2) is 35.1 Å². The van der Waals surface area contributed by atoms with Gasteiger partial charge in [0.1, 0.15) is 11.9 Å². The van der Waals surface area contributed by atoms with Crippen molar-refractivity contribution in [3.05, 3.63) is 40.6 Å². The number of H-pyrrole nitrogens is 1. The molecule has 0 amide bonds. The number of hydrogen-bond donors (Lipinski definition) is 1. The largest absolute Gasteiger partial charge is 0.345 e. The van der Waals surface area contributed by atoms with Gasteiger partial charge in [-0.15, -0.1) is 0 Å². The van der Waals surface area contributed by atoms with Gasteiger partial charge in [-0.1, -0.05) is 6.07 Å². The van der Waals surface area contributed by atoms with Crippen molar-refractivity contribution in [2.45, 2.75) is 0 Å². The van der Waals surface area contributed by atoms with Gasteiger partial charge in [-0.05, 0) is 28.1 Å². The number of aromatic nitrogens is 2. The Bertz CT molecular complexity index is 483. The first-order chi connectivity index (χ1) is 6.81. The fourth-order valence-corrected chi connectivity index (χ4v) is 1.52. The van der Waals surface area contributed by atoms with Crippen LogP contribution in [-0.4, -0.2) is 9.97 Å². The fourth-order valence-electron chi connectivity index (χ4n) is 1.18. The van der Waals surface area contributed by atoms with Crippen molar-refractivity contribution < 1.29 is 0 Å². The molecule has 1 aromatic heterocycles. The van der Waals surface area contributed by atoms with E-state index in [1.165, 1.54) is 0 Å². The first-order valence-corrected chi connectivity index (χ1v) is 4.80. The Morgan fingerprint density at radius 3 is 2.93 bits per heavy atom. The van der Waals surface area contributed by atoms with Crippen molar-refractivity contribution in [1.82, 2.24) is 9.97 Å². The molecule has 0 atom stereocenters. The lowest BCUT2D eigenvalue weighted by Gasteiger charge is -1.99. The van der Waals surface area contributed by atoms with Crippen LogP contribution < -0.4 is 0 Å². The predicted octanol–water partition coefficient (Wildman–Crippen LogP) is 2.71. The maximum absolute atomic E-state index is 8.83. The molecule has 0 fully saturated rings. The Labute approximate surface area is 89.5 Å². The first kappa shape index (κ1) is 8.97. The van der Waals surface area contributed by atoms with Crippen molar-refractivity contribution in [3.63, 3.8) is 0 Å². The third-order valence-corrected chi connectivity index (χ3v) is 2.55. The molecule has 0 radical (unpaired) electrons. The lowest BCUT2D eigenvalue weighted by Crippen LogP contribution is -1.83.